The summed E-state index contributed by atoms with van der Waals surface area (Å²) in [5, 5.41) is 0. The van der Waals surface area contributed by atoms with Crippen molar-refractivity contribution in [2.75, 3.05) is 0 Å². The van der Waals surface area contributed by atoms with E-state index < -0.39 is 0 Å². The van der Waals surface area contributed by atoms with Gasteiger partial charge < -0.3 is 10.5 Å². The van der Waals surface area contributed by atoms with Gasteiger partial charge in [0.25, 0.3) is 0 Å². The van der Waals surface area contributed by atoms with E-state index in [1.165, 1.54) is 5.56 Å². The molecule has 0 aromatic heterocycles. The van der Waals surface area contributed by atoms with E-state index in [1.807, 2.05) is 12.1 Å². The molecule has 0 radical (unpaired) electrons. The van der Waals surface area contributed by atoms with Crippen LogP contribution >= 0.6 is 0 Å². The van der Waals surface area contributed by atoms with Gasteiger partial charge in [0.05, 0.1) is 0 Å². The molecule has 88 valence electrons. The van der Waals surface area contributed by atoms with Gasteiger partial charge in [-0.1, -0.05) is 31.5 Å². The Morgan fingerprint density at radius 2 is 1.88 bits per heavy atom. The minimum Gasteiger partial charge on any atom is -0.489 e. The third-order valence-electron chi connectivity index (χ3n) is 3.68. The highest BCUT2D eigenvalue weighted by Crippen LogP contribution is 2.38. The number of hydrogen-bond donors (Lipinski definition) is 1. The van der Waals surface area contributed by atoms with Crippen LogP contribution in [0.2, 0.25) is 0 Å². The van der Waals surface area contributed by atoms with Crippen LogP contribution in [-0.2, 0) is 0 Å². The van der Waals surface area contributed by atoms with Gasteiger partial charge in [-0.2, -0.15) is 0 Å². The smallest absolute Gasteiger partial charge is 0.119 e. The predicted octanol–water partition coefficient (Wildman–Crippen LogP) is 2.89. The second kappa shape index (κ2) is 4.10. The fraction of sp³-hybridized carbons (Fsp3) is 0.571. The third-order valence-corrected chi connectivity index (χ3v) is 3.68. The second-order valence-electron chi connectivity index (χ2n) is 5.52. The Morgan fingerprint density at radius 1 is 1.25 bits per heavy atom. The molecule has 1 fully saturated rings. The summed E-state index contributed by atoms with van der Waals surface area (Å²) < 4.78 is 5.95. The second-order valence-corrected chi connectivity index (χ2v) is 5.52. The minimum atomic E-state index is 0.133. The van der Waals surface area contributed by atoms with Crippen LogP contribution < -0.4 is 10.5 Å². The number of aryl methyl sites for hydroxylation is 1. The van der Waals surface area contributed by atoms with Gasteiger partial charge in [-0.3, -0.25) is 0 Å². The average molecular weight is 219 g/mol. The van der Waals surface area contributed by atoms with Crippen LogP contribution in [0.5, 0.6) is 5.75 Å². The number of ether oxygens (including phenoxy) is 1. The van der Waals surface area contributed by atoms with Crippen LogP contribution in [-0.4, -0.2) is 12.1 Å². The SMILES string of the molecule is Cc1ccc(OC2CCC(C)(C)C2N)cc1. The number of hydrogen-bond acceptors (Lipinski definition) is 2. The van der Waals surface area contributed by atoms with Crippen LogP contribution in [0.15, 0.2) is 24.3 Å². The van der Waals surface area contributed by atoms with Crippen molar-refractivity contribution in [1.29, 1.82) is 0 Å². The summed E-state index contributed by atoms with van der Waals surface area (Å²) in [4.78, 5) is 0. The van der Waals surface area contributed by atoms with Crippen LogP contribution in [0.25, 0.3) is 0 Å². The van der Waals surface area contributed by atoms with Crippen LogP contribution in [0.4, 0.5) is 0 Å². The van der Waals surface area contributed by atoms with E-state index >= 15 is 0 Å². The van der Waals surface area contributed by atoms with Crippen molar-refractivity contribution in [3.63, 3.8) is 0 Å². The molecule has 1 aromatic rings. The maximum Gasteiger partial charge on any atom is 0.119 e. The first-order valence-corrected chi connectivity index (χ1v) is 5.98. The first-order chi connectivity index (χ1) is 7.49. The van der Waals surface area contributed by atoms with Crippen molar-refractivity contribution < 1.29 is 4.74 Å². The molecule has 0 aliphatic heterocycles. The van der Waals surface area contributed by atoms with E-state index in [0.29, 0.717) is 0 Å². The molecule has 1 saturated carbocycles. The molecule has 0 bridgehead atoms. The van der Waals surface area contributed by atoms with E-state index in [0.717, 1.165) is 18.6 Å². The van der Waals surface area contributed by atoms with Gasteiger partial charge >= 0.3 is 0 Å². The summed E-state index contributed by atoms with van der Waals surface area (Å²) >= 11 is 0. The lowest BCUT2D eigenvalue weighted by atomic mass is 9.88. The van der Waals surface area contributed by atoms with E-state index in [2.05, 4.69) is 32.9 Å². The first kappa shape index (κ1) is 11.5. The Labute approximate surface area is 97.8 Å². The van der Waals surface area contributed by atoms with Crippen LogP contribution in [0.3, 0.4) is 0 Å². The Morgan fingerprint density at radius 3 is 2.38 bits per heavy atom. The molecule has 0 spiro atoms. The minimum absolute atomic E-state index is 0.133. The maximum absolute atomic E-state index is 6.21. The Hall–Kier alpha value is -1.02. The van der Waals surface area contributed by atoms with Crippen molar-refractivity contribution >= 4 is 0 Å². The predicted molar refractivity (Wildman–Crippen MR) is 66.6 cm³/mol. The molecule has 1 aliphatic carbocycles. The zero-order chi connectivity index (χ0) is 11.8. The number of benzene rings is 1. The van der Waals surface area contributed by atoms with E-state index in [9.17, 15) is 0 Å². The van der Waals surface area contributed by atoms with Crippen molar-refractivity contribution in [3.8, 4) is 5.75 Å². The molecule has 2 atom stereocenters. The fourth-order valence-corrected chi connectivity index (χ4v) is 2.29. The fourth-order valence-electron chi connectivity index (χ4n) is 2.29. The lowest BCUT2D eigenvalue weighted by Crippen LogP contribution is -2.42. The average Bonchev–Trinajstić information content (AvgIpc) is 2.49. The molecule has 2 heteroatoms. The highest BCUT2D eigenvalue weighted by atomic mass is 16.5. The monoisotopic (exact) mass is 219 g/mol. The molecule has 2 nitrogen and oxygen atoms in total. The zero-order valence-corrected chi connectivity index (χ0v) is 10.4. The van der Waals surface area contributed by atoms with Crippen LogP contribution in [0.1, 0.15) is 32.3 Å². The molecular formula is C14H21NO. The quantitative estimate of drug-likeness (QED) is 0.830. The molecule has 2 unspecified atom stereocenters. The van der Waals surface area contributed by atoms with Gasteiger partial charge in [0.15, 0.2) is 0 Å². The molecule has 1 aromatic carbocycles. The van der Waals surface area contributed by atoms with Crippen LogP contribution in [0, 0.1) is 12.3 Å². The molecule has 0 heterocycles. The molecule has 1 aliphatic rings. The highest BCUT2D eigenvalue weighted by Gasteiger charge is 2.40. The summed E-state index contributed by atoms with van der Waals surface area (Å²) in [5.41, 5.74) is 7.67. The Kier molecular flexibility index (Phi) is 2.94. The van der Waals surface area contributed by atoms with E-state index in [1.54, 1.807) is 0 Å². The topological polar surface area (TPSA) is 35.2 Å². The number of nitrogens with two attached hydrogens (primary N) is 1. The molecule has 0 saturated heterocycles. The van der Waals surface area contributed by atoms with Crippen molar-refractivity contribution in [2.24, 2.45) is 11.1 Å². The van der Waals surface area contributed by atoms with Gasteiger partial charge in [-0.15, -0.1) is 0 Å². The normalized spacial score (nSPS) is 28.0. The lowest BCUT2D eigenvalue weighted by molar-refractivity contribution is 0.165. The van der Waals surface area contributed by atoms with E-state index in [-0.39, 0.29) is 17.6 Å². The first-order valence-electron chi connectivity index (χ1n) is 5.98. The highest BCUT2D eigenvalue weighted by molar-refractivity contribution is 5.26. The Balaban J connectivity index is 2.04. The van der Waals surface area contributed by atoms with Gasteiger partial charge in [-0.05, 0) is 37.3 Å². The summed E-state index contributed by atoms with van der Waals surface area (Å²) in [6, 6.07) is 8.32. The molecule has 2 rings (SSSR count). The molecule has 2 N–H and O–H groups in total. The molecule has 16 heavy (non-hydrogen) atoms. The summed E-state index contributed by atoms with van der Waals surface area (Å²) in [7, 11) is 0. The van der Waals surface area contributed by atoms with Gasteiger partial charge in [-0.25, -0.2) is 0 Å². The summed E-state index contributed by atoms with van der Waals surface area (Å²) in [6.45, 7) is 6.51. The lowest BCUT2D eigenvalue weighted by Gasteiger charge is -2.27. The summed E-state index contributed by atoms with van der Waals surface area (Å²) in [6.07, 6.45) is 2.37. The van der Waals surface area contributed by atoms with Gasteiger partial charge in [0.1, 0.15) is 11.9 Å². The zero-order valence-electron chi connectivity index (χ0n) is 10.4. The van der Waals surface area contributed by atoms with E-state index in [4.69, 9.17) is 10.5 Å². The van der Waals surface area contributed by atoms with Crippen molar-refractivity contribution in [1.82, 2.24) is 0 Å². The Bertz CT molecular complexity index is 356. The third kappa shape index (κ3) is 2.22. The van der Waals surface area contributed by atoms with Gasteiger partial charge in [0, 0.05) is 6.04 Å². The number of rotatable bonds is 2. The van der Waals surface area contributed by atoms with Gasteiger partial charge in [0.2, 0.25) is 0 Å². The molecule has 0 amide bonds. The molecular weight excluding hydrogens is 198 g/mol. The maximum atomic E-state index is 6.21. The summed E-state index contributed by atoms with van der Waals surface area (Å²) in [5.74, 6) is 0.934. The van der Waals surface area contributed by atoms with Crippen molar-refractivity contribution in [3.05, 3.63) is 29.8 Å². The van der Waals surface area contributed by atoms with Crippen molar-refractivity contribution in [2.45, 2.75) is 45.8 Å². The standard InChI is InChI=1S/C14H21NO/c1-10-4-6-11(7-5-10)16-12-8-9-14(2,3)13(12)15/h4-7,12-13H,8-9,15H2,1-3H3. The largest absolute Gasteiger partial charge is 0.489 e.